The third-order valence-electron chi connectivity index (χ3n) is 9.50. The van der Waals surface area contributed by atoms with Gasteiger partial charge in [0.15, 0.2) is 0 Å². The molecule has 3 aromatic rings. The fourth-order valence-electron chi connectivity index (χ4n) is 6.21. The van der Waals surface area contributed by atoms with E-state index in [0.717, 1.165) is 42.7 Å². The first-order chi connectivity index (χ1) is 24.1. The molecule has 1 atom stereocenters. The highest BCUT2D eigenvalue weighted by atomic mass is 16.5. The molecule has 1 unspecified atom stereocenters. The molecule has 3 aromatic carbocycles. The van der Waals surface area contributed by atoms with Crippen molar-refractivity contribution in [2.75, 3.05) is 13.2 Å². The van der Waals surface area contributed by atoms with Crippen LogP contribution in [0.15, 0.2) is 72.8 Å². The van der Waals surface area contributed by atoms with E-state index in [1.54, 1.807) is 12.1 Å². The zero-order valence-electron chi connectivity index (χ0n) is 31.2. The van der Waals surface area contributed by atoms with Crippen molar-refractivity contribution in [2.24, 2.45) is 0 Å². The number of ether oxygens (including phenoxy) is 3. The average Bonchev–Trinajstić information content (AvgIpc) is 3.13. The molecule has 0 aliphatic rings. The van der Waals surface area contributed by atoms with E-state index in [1.807, 2.05) is 36.4 Å². The average molecular weight is 671 g/mol. The van der Waals surface area contributed by atoms with Crippen molar-refractivity contribution in [3.8, 4) is 22.6 Å². The zero-order valence-corrected chi connectivity index (χ0v) is 31.2. The number of benzene rings is 3. The minimum Gasteiger partial charge on any atom is -0.494 e. The molecule has 0 N–H and O–H groups in total. The second-order valence-electron chi connectivity index (χ2n) is 13.8. The summed E-state index contributed by atoms with van der Waals surface area (Å²) >= 11 is 0. The Morgan fingerprint density at radius 1 is 0.490 bits per heavy atom. The maximum Gasteiger partial charge on any atom is 0.343 e. The van der Waals surface area contributed by atoms with Crippen LogP contribution in [-0.2, 0) is 4.74 Å². The Morgan fingerprint density at radius 2 is 0.918 bits per heavy atom. The van der Waals surface area contributed by atoms with E-state index in [4.69, 9.17) is 14.2 Å². The van der Waals surface area contributed by atoms with Crippen molar-refractivity contribution in [1.29, 1.82) is 0 Å². The quantitative estimate of drug-likeness (QED) is 0.0438. The smallest absolute Gasteiger partial charge is 0.343 e. The second-order valence-corrected chi connectivity index (χ2v) is 13.8. The third-order valence-corrected chi connectivity index (χ3v) is 9.50. The monoisotopic (exact) mass is 670 g/mol. The molecule has 0 aliphatic carbocycles. The molecule has 49 heavy (non-hydrogen) atoms. The Labute approximate surface area is 299 Å². The number of carbonyl (C=O) groups excluding carboxylic acids is 1. The molecular formula is C45H66O4. The van der Waals surface area contributed by atoms with E-state index in [2.05, 4.69) is 45.0 Å². The standard InChI is InChI=1S/C45H66O4/c1-4-6-8-9-10-11-12-13-14-15-16-17-18-19-20-21-22-23-37-47-38(3)39-24-26-40(27-25-39)41-28-34-44(35-29-41)49-45(46)42-30-32-43(33-31-42)48-36-7-5-2/h24-35,38H,4-23,36-37H2,1-3H3. The molecule has 0 spiro atoms. The maximum atomic E-state index is 12.6. The molecule has 0 saturated heterocycles. The molecular weight excluding hydrogens is 604 g/mol. The molecule has 0 saturated carbocycles. The minimum absolute atomic E-state index is 0.0820. The highest BCUT2D eigenvalue weighted by Gasteiger charge is 2.10. The predicted molar refractivity (Wildman–Crippen MR) is 207 cm³/mol. The lowest BCUT2D eigenvalue weighted by atomic mass is 10.0. The first-order valence-electron chi connectivity index (χ1n) is 19.9. The normalized spacial score (nSPS) is 11.8. The van der Waals surface area contributed by atoms with E-state index in [-0.39, 0.29) is 12.1 Å². The van der Waals surface area contributed by atoms with Gasteiger partial charge in [0.05, 0.1) is 18.3 Å². The fraction of sp³-hybridized carbons (Fsp3) is 0.578. The van der Waals surface area contributed by atoms with Crippen LogP contribution in [0.4, 0.5) is 0 Å². The van der Waals surface area contributed by atoms with Gasteiger partial charge in [-0.3, -0.25) is 0 Å². The topological polar surface area (TPSA) is 44.8 Å². The molecule has 4 nitrogen and oxygen atoms in total. The second kappa shape index (κ2) is 25.8. The van der Waals surface area contributed by atoms with Gasteiger partial charge in [0.1, 0.15) is 11.5 Å². The number of rotatable bonds is 28. The van der Waals surface area contributed by atoms with Crippen LogP contribution in [0, 0.1) is 0 Å². The molecule has 0 aliphatic heterocycles. The highest BCUT2D eigenvalue weighted by molar-refractivity contribution is 5.91. The first-order valence-corrected chi connectivity index (χ1v) is 19.9. The van der Waals surface area contributed by atoms with Crippen LogP contribution in [0.1, 0.15) is 171 Å². The molecule has 0 radical (unpaired) electrons. The van der Waals surface area contributed by atoms with Crippen LogP contribution in [0.2, 0.25) is 0 Å². The Balaban J connectivity index is 1.21. The Bertz CT molecular complexity index is 1230. The molecule has 0 fully saturated rings. The number of carbonyl (C=O) groups is 1. The summed E-state index contributed by atoms with van der Waals surface area (Å²) in [6, 6.07) is 23.3. The van der Waals surface area contributed by atoms with E-state index >= 15 is 0 Å². The number of hydrogen-bond donors (Lipinski definition) is 0. The van der Waals surface area contributed by atoms with Gasteiger partial charge in [0.2, 0.25) is 0 Å². The van der Waals surface area contributed by atoms with Gasteiger partial charge in [0.25, 0.3) is 0 Å². The maximum absolute atomic E-state index is 12.6. The molecule has 4 heteroatoms. The van der Waals surface area contributed by atoms with Crippen molar-refractivity contribution in [3.05, 3.63) is 83.9 Å². The summed E-state index contributed by atoms with van der Waals surface area (Å²) in [5.74, 6) is 0.911. The van der Waals surface area contributed by atoms with Crippen molar-refractivity contribution < 1.29 is 19.0 Å². The van der Waals surface area contributed by atoms with Gasteiger partial charge in [-0.05, 0) is 72.9 Å². The van der Waals surface area contributed by atoms with Gasteiger partial charge in [-0.1, -0.05) is 166 Å². The van der Waals surface area contributed by atoms with Gasteiger partial charge in [-0.25, -0.2) is 4.79 Å². The lowest BCUT2D eigenvalue weighted by Gasteiger charge is -2.14. The van der Waals surface area contributed by atoms with Crippen molar-refractivity contribution in [2.45, 2.75) is 155 Å². The zero-order chi connectivity index (χ0) is 34.8. The minimum atomic E-state index is -0.378. The van der Waals surface area contributed by atoms with E-state index in [9.17, 15) is 4.79 Å². The summed E-state index contributed by atoms with van der Waals surface area (Å²) < 4.78 is 17.4. The van der Waals surface area contributed by atoms with Gasteiger partial charge in [0, 0.05) is 6.61 Å². The summed E-state index contributed by atoms with van der Waals surface area (Å²) in [5.41, 5.74) is 3.89. The molecule has 0 bridgehead atoms. The van der Waals surface area contributed by atoms with E-state index < -0.39 is 0 Å². The van der Waals surface area contributed by atoms with Crippen LogP contribution in [0.3, 0.4) is 0 Å². The highest BCUT2D eigenvalue weighted by Crippen LogP contribution is 2.26. The number of hydrogen-bond acceptors (Lipinski definition) is 4. The third kappa shape index (κ3) is 17.4. The van der Waals surface area contributed by atoms with Gasteiger partial charge >= 0.3 is 5.97 Å². The van der Waals surface area contributed by atoms with Crippen molar-refractivity contribution in [3.63, 3.8) is 0 Å². The summed E-state index contributed by atoms with van der Waals surface area (Å²) in [5, 5.41) is 0. The summed E-state index contributed by atoms with van der Waals surface area (Å²) in [6.07, 6.45) is 27.2. The van der Waals surface area contributed by atoms with Crippen molar-refractivity contribution in [1.82, 2.24) is 0 Å². The summed E-state index contributed by atoms with van der Waals surface area (Å²) in [4.78, 5) is 12.6. The number of esters is 1. The predicted octanol–water partition coefficient (Wildman–Crippen LogP) is 13.9. The van der Waals surface area contributed by atoms with Crippen LogP contribution >= 0.6 is 0 Å². The molecule has 0 heterocycles. The van der Waals surface area contributed by atoms with Gasteiger partial charge < -0.3 is 14.2 Å². The largest absolute Gasteiger partial charge is 0.494 e. The van der Waals surface area contributed by atoms with Crippen LogP contribution < -0.4 is 9.47 Å². The van der Waals surface area contributed by atoms with Crippen LogP contribution in [-0.4, -0.2) is 19.2 Å². The van der Waals surface area contributed by atoms with Crippen LogP contribution in [0.25, 0.3) is 11.1 Å². The fourth-order valence-corrected chi connectivity index (χ4v) is 6.21. The lowest BCUT2D eigenvalue weighted by molar-refractivity contribution is 0.0627. The van der Waals surface area contributed by atoms with Gasteiger partial charge in [-0.2, -0.15) is 0 Å². The molecule has 0 amide bonds. The number of unbranched alkanes of at least 4 members (excludes halogenated alkanes) is 18. The van der Waals surface area contributed by atoms with E-state index in [1.165, 1.54) is 115 Å². The Hall–Kier alpha value is -3.11. The molecule has 3 rings (SSSR count). The van der Waals surface area contributed by atoms with E-state index in [0.29, 0.717) is 17.9 Å². The SMILES string of the molecule is CCCCCCCCCCCCCCCCCCCCOC(C)c1ccc(-c2ccc(OC(=O)c3ccc(OCCCC)cc3)cc2)cc1. The van der Waals surface area contributed by atoms with Gasteiger partial charge in [-0.15, -0.1) is 0 Å². The van der Waals surface area contributed by atoms with Crippen LogP contribution in [0.5, 0.6) is 11.5 Å². The summed E-state index contributed by atoms with van der Waals surface area (Å²) in [6.45, 7) is 8.06. The first kappa shape index (κ1) is 40.3. The lowest BCUT2D eigenvalue weighted by Crippen LogP contribution is -2.08. The summed E-state index contributed by atoms with van der Waals surface area (Å²) in [7, 11) is 0. The Morgan fingerprint density at radius 3 is 1.41 bits per heavy atom. The van der Waals surface area contributed by atoms with Crippen molar-refractivity contribution >= 4 is 5.97 Å². The molecule has 0 aromatic heterocycles. The Kier molecular flexibility index (Phi) is 21.2. The molecule has 270 valence electrons.